The van der Waals surface area contributed by atoms with Gasteiger partial charge in [0, 0.05) is 50.0 Å². The molecule has 9 nitrogen and oxygen atoms in total. The lowest BCUT2D eigenvalue weighted by Crippen LogP contribution is -2.22. The number of aliphatic hydroxyl groups is 2. The molecule has 42 heavy (non-hydrogen) atoms. The van der Waals surface area contributed by atoms with Gasteiger partial charge in [0.05, 0.1) is 17.9 Å². The summed E-state index contributed by atoms with van der Waals surface area (Å²) in [5.41, 5.74) is 13.9. The van der Waals surface area contributed by atoms with Gasteiger partial charge < -0.3 is 30.7 Å². The quantitative estimate of drug-likeness (QED) is 0.269. The van der Waals surface area contributed by atoms with Gasteiger partial charge in [0.15, 0.2) is 18.2 Å². The Kier molecular flexibility index (Phi) is 9.51. The first-order valence-electron chi connectivity index (χ1n) is 14.7. The number of carbonyl (C=O) groups is 1. The number of carbonyl (C=O) groups excluding carboxylic acids is 1. The molecule has 3 atom stereocenters. The number of aryl methyl sites for hydroxylation is 1. The number of aliphatic hydroxyl groups excluding tert-OH is 2. The molecule has 3 aliphatic rings. The predicted molar refractivity (Wildman–Crippen MR) is 163 cm³/mol. The van der Waals surface area contributed by atoms with E-state index in [9.17, 15) is 20.1 Å². The summed E-state index contributed by atoms with van der Waals surface area (Å²) >= 11 is 0. The Morgan fingerprint density at radius 2 is 2.07 bits per heavy atom. The topological polar surface area (TPSA) is 141 Å². The van der Waals surface area contributed by atoms with Crippen molar-refractivity contribution in [2.24, 2.45) is 15.7 Å². The predicted octanol–water partition coefficient (Wildman–Crippen LogP) is 3.90. The summed E-state index contributed by atoms with van der Waals surface area (Å²) in [6.07, 6.45) is 8.06. The molecule has 0 bridgehead atoms. The van der Waals surface area contributed by atoms with Crippen LogP contribution in [0.5, 0.6) is 11.5 Å². The molecule has 0 unspecified atom stereocenters. The number of benzene rings is 2. The van der Waals surface area contributed by atoms with Crippen LogP contribution in [0.2, 0.25) is 0 Å². The van der Waals surface area contributed by atoms with Crippen molar-refractivity contribution in [3.63, 3.8) is 0 Å². The van der Waals surface area contributed by atoms with Crippen molar-refractivity contribution in [3.05, 3.63) is 81.7 Å². The van der Waals surface area contributed by atoms with Gasteiger partial charge in [-0.25, -0.2) is 0 Å². The zero-order valence-electron chi connectivity index (χ0n) is 24.1. The summed E-state index contributed by atoms with van der Waals surface area (Å²) < 4.78 is 5.98. The molecule has 3 aliphatic heterocycles. The van der Waals surface area contributed by atoms with E-state index in [0.717, 1.165) is 36.1 Å². The van der Waals surface area contributed by atoms with Crippen molar-refractivity contribution in [3.8, 4) is 11.5 Å². The van der Waals surface area contributed by atoms with E-state index >= 15 is 0 Å². The van der Waals surface area contributed by atoms with Crippen molar-refractivity contribution in [2.75, 3.05) is 13.3 Å². The van der Waals surface area contributed by atoms with E-state index in [1.165, 1.54) is 22.3 Å². The number of Topliss-reactive ketones (excluding diaryl/α,β-unsaturated/α-hetero) is 1. The molecule has 0 fully saturated rings. The van der Waals surface area contributed by atoms with Crippen LogP contribution in [0, 0.1) is 0 Å². The Balaban J connectivity index is 1.14. The summed E-state index contributed by atoms with van der Waals surface area (Å²) in [6.45, 7) is 2.87. The van der Waals surface area contributed by atoms with Crippen molar-refractivity contribution in [1.82, 2.24) is 4.90 Å². The lowest BCUT2D eigenvalue weighted by atomic mass is 9.91. The molecule has 5 N–H and O–H groups in total. The number of ketones is 1. The SMILES string of the molecule is CCC[C@H](O)C[C@@H](O)CC(=O)CCc1ccc(O)c(OCN2C=C3N=CC(Cc4cccc5c4CC=N[C@@H]5N)=C3C2)c1. The van der Waals surface area contributed by atoms with Gasteiger partial charge in [-0.3, -0.25) is 14.8 Å². The van der Waals surface area contributed by atoms with Crippen LogP contribution < -0.4 is 10.5 Å². The molecule has 0 amide bonds. The Labute approximate surface area is 246 Å². The average Bonchev–Trinajstić information content (AvgIpc) is 3.53. The fourth-order valence-electron chi connectivity index (χ4n) is 5.79. The number of nitrogens with zero attached hydrogens (tertiary/aromatic N) is 3. The largest absolute Gasteiger partial charge is 0.504 e. The number of aromatic hydroxyl groups is 1. The van der Waals surface area contributed by atoms with E-state index in [2.05, 4.69) is 22.1 Å². The second kappa shape index (κ2) is 13.5. The fraction of sp³-hybridized carbons (Fsp3) is 0.424. The number of ether oxygens (including phenoxy) is 1. The average molecular weight is 573 g/mol. The minimum absolute atomic E-state index is 0.0285. The van der Waals surface area contributed by atoms with E-state index in [0.29, 0.717) is 25.1 Å². The summed E-state index contributed by atoms with van der Waals surface area (Å²) in [4.78, 5) is 23.4. The zero-order chi connectivity index (χ0) is 29.6. The van der Waals surface area contributed by atoms with Gasteiger partial charge in [-0.15, -0.1) is 0 Å². The molecule has 0 aromatic heterocycles. The highest BCUT2D eigenvalue weighted by molar-refractivity contribution is 5.87. The smallest absolute Gasteiger partial charge is 0.163 e. The molecule has 0 spiro atoms. The van der Waals surface area contributed by atoms with Crippen LogP contribution in [0.25, 0.3) is 0 Å². The van der Waals surface area contributed by atoms with Crippen molar-refractivity contribution >= 4 is 18.2 Å². The summed E-state index contributed by atoms with van der Waals surface area (Å²) in [5, 5.41) is 30.4. The second-order valence-corrected chi connectivity index (χ2v) is 11.3. The molecule has 0 saturated carbocycles. The lowest BCUT2D eigenvalue weighted by molar-refractivity contribution is -0.121. The van der Waals surface area contributed by atoms with Crippen molar-refractivity contribution < 1.29 is 24.9 Å². The highest BCUT2D eigenvalue weighted by Crippen LogP contribution is 2.34. The van der Waals surface area contributed by atoms with Crippen LogP contribution in [-0.2, 0) is 24.1 Å². The van der Waals surface area contributed by atoms with Crippen LogP contribution in [0.15, 0.2) is 69.4 Å². The van der Waals surface area contributed by atoms with Crippen LogP contribution in [0.1, 0.15) is 67.4 Å². The standard InChI is InChI=1S/C33H40N4O5/c1-2-4-24(38)15-26(40)16-25(39)9-7-21-8-10-31(41)32(13-21)42-20-37-18-29-23(17-36-30(29)19-37)14-22-5-3-6-28-27(22)11-12-35-33(28)34/h3,5-6,8,10,12-13,17,19,24,26,33,38,40-41H,2,4,7,9,11,14-16,18,20,34H2,1H3/t24-,26+,33-/m0/s1. The maximum absolute atomic E-state index is 12.4. The Hall–Kier alpha value is -3.79. The molecule has 5 rings (SSSR count). The number of nitrogens with two attached hydrogens (primary N) is 1. The van der Waals surface area contributed by atoms with Gasteiger partial charge in [-0.2, -0.15) is 0 Å². The first kappa shape index (κ1) is 29.7. The maximum atomic E-state index is 12.4. The molecular formula is C33H40N4O5. The minimum Gasteiger partial charge on any atom is -0.504 e. The summed E-state index contributed by atoms with van der Waals surface area (Å²) in [5.74, 6) is 0.323. The first-order chi connectivity index (χ1) is 20.3. The number of hydrogen-bond donors (Lipinski definition) is 4. The van der Waals surface area contributed by atoms with Gasteiger partial charge >= 0.3 is 0 Å². The van der Waals surface area contributed by atoms with Gasteiger partial charge in [-0.1, -0.05) is 37.6 Å². The molecule has 2 aromatic rings. The number of allylic oxidation sites excluding steroid dienone is 1. The molecule has 2 aromatic carbocycles. The maximum Gasteiger partial charge on any atom is 0.163 e. The van der Waals surface area contributed by atoms with Gasteiger partial charge in [0.2, 0.25) is 0 Å². The van der Waals surface area contributed by atoms with Gasteiger partial charge in [-0.05, 0) is 65.6 Å². The summed E-state index contributed by atoms with van der Waals surface area (Å²) in [6, 6.07) is 11.3. The van der Waals surface area contributed by atoms with E-state index < -0.39 is 12.2 Å². The van der Waals surface area contributed by atoms with Gasteiger partial charge in [0.1, 0.15) is 11.9 Å². The number of fused-ring (bicyclic) bond motifs is 2. The van der Waals surface area contributed by atoms with Crippen LogP contribution in [0.4, 0.5) is 0 Å². The summed E-state index contributed by atoms with van der Waals surface area (Å²) in [7, 11) is 0. The fourth-order valence-corrected chi connectivity index (χ4v) is 5.79. The molecule has 0 saturated heterocycles. The third kappa shape index (κ3) is 7.15. The number of phenols is 1. The monoisotopic (exact) mass is 572 g/mol. The van der Waals surface area contributed by atoms with Crippen LogP contribution in [-0.4, -0.2) is 63.9 Å². The third-order valence-electron chi connectivity index (χ3n) is 8.02. The van der Waals surface area contributed by atoms with Gasteiger partial charge in [0.25, 0.3) is 0 Å². The molecule has 0 aliphatic carbocycles. The molecule has 3 heterocycles. The first-order valence-corrected chi connectivity index (χ1v) is 14.7. The van der Waals surface area contributed by atoms with E-state index in [1.54, 1.807) is 18.2 Å². The minimum atomic E-state index is -0.836. The number of hydrogen-bond acceptors (Lipinski definition) is 9. The third-order valence-corrected chi connectivity index (χ3v) is 8.02. The number of aliphatic imine (C=N–C) groups is 2. The molecular weight excluding hydrogens is 532 g/mol. The Morgan fingerprint density at radius 3 is 2.90 bits per heavy atom. The normalized spacial score (nSPS) is 18.6. The van der Waals surface area contributed by atoms with Crippen molar-refractivity contribution in [1.29, 1.82) is 0 Å². The van der Waals surface area contributed by atoms with Crippen molar-refractivity contribution in [2.45, 2.75) is 76.7 Å². The Bertz CT molecular complexity index is 1430. The van der Waals surface area contributed by atoms with E-state index in [-0.39, 0.29) is 43.7 Å². The molecule has 9 heteroatoms. The molecule has 222 valence electrons. The van der Waals surface area contributed by atoms with Crippen LogP contribution in [0.3, 0.4) is 0 Å². The molecule has 0 radical (unpaired) electrons. The van der Waals surface area contributed by atoms with E-state index in [1.807, 2.05) is 36.5 Å². The highest BCUT2D eigenvalue weighted by Gasteiger charge is 2.26. The second-order valence-electron chi connectivity index (χ2n) is 11.3. The van der Waals surface area contributed by atoms with Crippen LogP contribution >= 0.6 is 0 Å². The Morgan fingerprint density at radius 1 is 1.21 bits per heavy atom. The zero-order valence-corrected chi connectivity index (χ0v) is 24.1. The highest BCUT2D eigenvalue weighted by atomic mass is 16.5. The number of rotatable bonds is 14. The number of phenolic OH excluding ortho intramolecular Hbond substituents is 1. The lowest BCUT2D eigenvalue weighted by Gasteiger charge is -2.20. The van der Waals surface area contributed by atoms with E-state index in [4.69, 9.17) is 10.5 Å².